The second kappa shape index (κ2) is 9.38. The van der Waals surface area contributed by atoms with E-state index in [4.69, 9.17) is 11.6 Å². The molecule has 4 aromatic rings. The predicted molar refractivity (Wildman–Crippen MR) is 128 cm³/mol. The van der Waals surface area contributed by atoms with Gasteiger partial charge in [-0.05, 0) is 71.7 Å². The smallest absolute Gasteiger partial charge is 0.293 e. The molecule has 0 aliphatic carbocycles. The normalized spacial score (nSPS) is 19.8. The van der Waals surface area contributed by atoms with Crippen LogP contribution in [0.3, 0.4) is 0 Å². The Kier molecular flexibility index (Phi) is 6.36. The van der Waals surface area contributed by atoms with Crippen molar-refractivity contribution < 1.29 is 27.0 Å². The first-order valence-electron chi connectivity index (χ1n) is 11.3. The van der Waals surface area contributed by atoms with E-state index in [-0.39, 0.29) is 17.6 Å². The van der Waals surface area contributed by atoms with Crippen molar-refractivity contribution in [1.82, 2.24) is 20.2 Å². The summed E-state index contributed by atoms with van der Waals surface area (Å²) >= 11 is 6.17. The Morgan fingerprint density at radius 2 is 1.89 bits per heavy atom. The monoisotopic (exact) mass is 533 g/mol. The van der Waals surface area contributed by atoms with Gasteiger partial charge in [0.15, 0.2) is 0 Å². The van der Waals surface area contributed by atoms with Crippen LogP contribution in [0.25, 0.3) is 22.2 Å². The molecule has 192 valence electrons. The summed E-state index contributed by atoms with van der Waals surface area (Å²) in [6.07, 6.45) is 2.33. The van der Waals surface area contributed by atoms with Crippen molar-refractivity contribution in [3.63, 3.8) is 0 Å². The zero-order valence-corrected chi connectivity index (χ0v) is 20.4. The van der Waals surface area contributed by atoms with Gasteiger partial charge in [0.05, 0.1) is 22.3 Å². The number of halogens is 5. The van der Waals surface area contributed by atoms with E-state index in [1.807, 2.05) is 0 Å². The molecule has 2 bridgehead atoms. The Hall–Kier alpha value is -3.57. The van der Waals surface area contributed by atoms with Crippen molar-refractivity contribution in [3.8, 4) is 11.1 Å². The maximum absolute atomic E-state index is 14.1. The molecule has 0 spiro atoms. The van der Waals surface area contributed by atoms with Crippen molar-refractivity contribution >= 4 is 34.2 Å². The number of anilines is 1. The molecule has 0 radical (unpaired) electrons. The van der Waals surface area contributed by atoms with E-state index in [9.17, 15) is 22.4 Å². The first kappa shape index (κ1) is 25.1. The Labute approximate surface area is 213 Å². The van der Waals surface area contributed by atoms with Crippen LogP contribution >= 0.6 is 11.6 Å². The lowest BCUT2D eigenvalue weighted by Gasteiger charge is -2.38. The number of benzene rings is 2. The largest absolute Gasteiger partial charge is 0.324 e. The molecule has 12 heteroatoms. The van der Waals surface area contributed by atoms with Gasteiger partial charge in [-0.25, -0.2) is 14.0 Å². The summed E-state index contributed by atoms with van der Waals surface area (Å²) in [5.41, 5.74) is 2.28. The highest BCUT2D eigenvalue weighted by Crippen LogP contribution is 2.53. The summed E-state index contributed by atoms with van der Waals surface area (Å²) in [7, 11) is 1.68. The number of amides is 1. The van der Waals surface area contributed by atoms with E-state index >= 15 is 0 Å². The van der Waals surface area contributed by atoms with Crippen LogP contribution in [0.2, 0.25) is 5.02 Å². The fourth-order valence-corrected chi connectivity index (χ4v) is 5.25. The molecule has 2 aromatic carbocycles. The maximum Gasteiger partial charge on any atom is 0.293 e. The molecule has 0 saturated carbocycles. The average Bonchev–Trinajstić information content (AvgIpc) is 3.44. The lowest BCUT2D eigenvalue weighted by atomic mass is 9.92. The number of rotatable bonds is 2. The minimum atomic E-state index is -3.13. The number of nitrogens with one attached hydrogen (secondary N) is 1. The molecule has 4 heterocycles. The number of alkyl halides is 2. The van der Waals surface area contributed by atoms with Crippen LogP contribution in [-0.4, -0.2) is 39.2 Å². The minimum absolute atomic E-state index is 0.0421. The predicted octanol–water partition coefficient (Wildman–Crippen LogP) is 6.10. The number of hydrogen-bond donors (Lipinski definition) is 1. The highest BCUT2D eigenvalue weighted by atomic mass is 35.5. The third-order valence-corrected chi connectivity index (χ3v) is 6.99. The Morgan fingerprint density at radius 3 is 2.65 bits per heavy atom. The van der Waals surface area contributed by atoms with Crippen molar-refractivity contribution in [3.05, 3.63) is 70.5 Å². The molecule has 37 heavy (non-hydrogen) atoms. The highest BCUT2D eigenvalue weighted by molar-refractivity contribution is 6.33. The third kappa shape index (κ3) is 4.42. The standard InChI is InChI=1S/C14H9ClFN3O2.C11H11F3N2/c1-7(20)17-13-6-10(15)9(5-11(13)16)8-2-3-12-14(4-8)19-21-18-12;1-16-7-2-3-8(16)11(13,14)9-6(7)4-5-15-10(9)12/h2-6H,1H3,(H,17,20);4-5,7-8H,2-3H2,1H3/t;7-,8+/m.0/s1. The maximum atomic E-state index is 14.1. The number of aromatic nitrogens is 3. The molecule has 1 fully saturated rings. The number of carbonyl (C=O) groups excluding carboxylic acids is 1. The number of carbonyl (C=O) groups is 1. The molecule has 0 unspecified atom stereocenters. The zero-order chi connectivity index (χ0) is 26.5. The highest BCUT2D eigenvalue weighted by Gasteiger charge is 2.56. The number of pyridine rings is 1. The van der Waals surface area contributed by atoms with Gasteiger partial charge in [-0.1, -0.05) is 17.7 Å². The molecule has 1 saturated heterocycles. The fraction of sp³-hybridized carbons (Fsp3) is 0.280. The first-order valence-corrected chi connectivity index (χ1v) is 11.7. The summed E-state index contributed by atoms with van der Waals surface area (Å²) in [4.78, 5) is 16.0. The van der Waals surface area contributed by atoms with E-state index in [2.05, 4.69) is 25.2 Å². The van der Waals surface area contributed by atoms with E-state index < -0.39 is 29.3 Å². The molecule has 1 amide bonds. The first-order chi connectivity index (χ1) is 17.6. The van der Waals surface area contributed by atoms with Crippen molar-refractivity contribution in [1.29, 1.82) is 0 Å². The van der Waals surface area contributed by atoms with Crippen LogP contribution in [0.15, 0.2) is 47.2 Å². The van der Waals surface area contributed by atoms with Gasteiger partial charge < -0.3 is 5.32 Å². The molecular formula is C25H20ClF4N5O2. The summed E-state index contributed by atoms with van der Waals surface area (Å²) in [5.74, 6) is -5.08. The lowest BCUT2D eigenvalue weighted by molar-refractivity contribution is -0.114. The van der Waals surface area contributed by atoms with Crippen LogP contribution in [0.5, 0.6) is 0 Å². The van der Waals surface area contributed by atoms with E-state index in [1.165, 1.54) is 31.3 Å². The van der Waals surface area contributed by atoms with Crippen molar-refractivity contribution in [2.75, 3.05) is 12.4 Å². The number of fused-ring (bicyclic) bond motifs is 5. The van der Waals surface area contributed by atoms with Crippen LogP contribution in [-0.2, 0) is 10.7 Å². The molecule has 2 aliphatic rings. The fourth-order valence-electron chi connectivity index (χ4n) is 4.98. The molecule has 2 aliphatic heterocycles. The van der Waals surface area contributed by atoms with E-state index in [0.717, 1.165) is 0 Å². The van der Waals surface area contributed by atoms with Gasteiger partial charge in [0.1, 0.15) is 16.9 Å². The van der Waals surface area contributed by atoms with Crippen LogP contribution in [0.4, 0.5) is 23.2 Å². The van der Waals surface area contributed by atoms with Crippen molar-refractivity contribution in [2.24, 2.45) is 0 Å². The summed E-state index contributed by atoms with van der Waals surface area (Å²) in [6.45, 7) is 1.30. The summed E-state index contributed by atoms with van der Waals surface area (Å²) in [6, 6.07) is 8.32. The SMILES string of the molecule is CC(=O)Nc1cc(Cl)c(-c2ccc3nonc3c2)cc1F.CN1[C@H]2CC[C@@H]1C(F)(F)c1c2ccnc1F. The van der Waals surface area contributed by atoms with Gasteiger partial charge in [-0.2, -0.15) is 13.2 Å². The Balaban J connectivity index is 0.000000157. The topological polar surface area (TPSA) is 84.2 Å². The van der Waals surface area contributed by atoms with Crippen LogP contribution < -0.4 is 5.32 Å². The molecule has 6 rings (SSSR count). The van der Waals surface area contributed by atoms with E-state index in [0.29, 0.717) is 45.6 Å². The van der Waals surface area contributed by atoms with Crippen LogP contribution in [0.1, 0.15) is 36.9 Å². The molecule has 2 atom stereocenters. The second-order valence-corrected chi connectivity index (χ2v) is 9.33. The van der Waals surface area contributed by atoms with Gasteiger partial charge in [0.25, 0.3) is 5.92 Å². The number of nitrogens with zero attached hydrogens (tertiary/aromatic N) is 4. The van der Waals surface area contributed by atoms with Crippen molar-refractivity contribution in [2.45, 2.75) is 37.8 Å². The molecular weight excluding hydrogens is 514 g/mol. The molecule has 2 aromatic heterocycles. The van der Waals surface area contributed by atoms with E-state index in [1.54, 1.807) is 30.1 Å². The zero-order valence-electron chi connectivity index (χ0n) is 19.6. The molecule has 1 N–H and O–H groups in total. The lowest BCUT2D eigenvalue weighted by Crippen LogP contribution is -2.46. The Morgan fingerprint density at radius 1 is 1.14 bits per heavy atom. The quantitative estimate of drug-likeness (QED) is 0.247. The van der Waals surface area contributed by atoms with Gasteiger partial charge in [-0.3, -0.25) is 9.69 Å². The third-order valence-electron chi connectivity index (χ3n) is 6.68. The van der Waals surface area contributed by atoms with Gasteiger partial charge in [-0.15, -0.1) is 0 Å². The summed E-state index contributed by atoms with van der Waals surface area (Å²) in [5, 5.41) is 10.1. The number of hydrogen-bond acceptors (Lipinski definition) is 6. The Bertz CT molecular complexity index is 1510. The minimum Gasteiger partial charge on any atom is -0.324 e. The van der Waals surface area contributed by atoms with Gasteiger partial charge >= 0.3 is 0 Å². The molecule has 7 nitrogen and oxygen atoms in total. The second-order valence-electron chi connectivity index (χ2n) is 8.92. The number of likely N-dealkylation sites (N-methyl/N-ethyl adjacent to an activating group) is 1. The van der Waals surface area contributed by atoms with Crippen LogP contribution in [0, 0.1) is 11.8 Å². The van der Waals surface area contributed by atoms with Gasteiger partial charge in [0, 0.05) is 24.7 Å². The summed E-state index contributed by atoms with van der Waals surface area (Å²) < 4.78 is 60.2. The average molecular weight is 534 g/mol. The van der Waals surface area contributed by atoms with Gasteiger partial charge in [0.2, 0.25) is 11.9 Å².